The summed E-state index contributed by atoms with van der Waals surface area (Å²) in [7, 11) is 0. The van der Waals surface area contributed by atoms with Crippen LogP contribution in [0.3, 0.4) is 0 Å². The first-order chi connectivity index (χ1) is 14.5. The number of hydrogen-bond donors (Lipinski definition) is 2. The summed E-state index contributed by atoms with van der Waals surface area (Å²) in [6, 6.07) is 5.67. The third kappa shape index (κ3) is 4.52. The minimum absolute atomic E-state index is 0.0318. The summed E-state index contributed by atoms with van der Waals surface area (Å²) in [5, 5.41) is 17.4. The van der Waals surface area contributed by atoms with Crippen LogP contribution in [0.25, 0.3) is 22.0 Å². The molecule has 0 spiro atoms. The van der Waals surface area contributed by atoms with Crippen molar-refractivity contribution < 1.29 is 19.4 Å². The average Bonchev–Trinajstić information content (AvgIpc) is 3.28. The van der Waals surface area contributed by atoms with Crippen LogP contribution in [0.2, 0.25) is 10.0 Å². The number of benzene rings is 1. The number of aliphatic carboxylic acids is 1. The molecule has 1 aromatic carbocycles. The normalized spacial score (nSPS) is 16.9. The number of aromatic amines is 1. The second-order valence-electron chi connectivity index (χ2n) is 6.93. The predicted octanol–water partition coefficient (Wildman–Crippen LogP) is 3.63. The molecule has 1 aliphatic heterocycles. The second kappa shape index (κ2) is 9.18. The molecule has 8 nitrogen and oxygen atoms in total. The summed E-state index contributed by atoms with van der Waals surface area (Å²) in [4.78, 5) is 17.5. The van der Waals surface area contributed by atoms with Gasteiger partial charge in [0, 0.05) is 30.2 Å². The summed E-state index contributed by atoms with van der Waals surface area (Å²) in [6.07, 6.45) is 3.35. The Morgan fingerprint density at radius 3 is 3.03 bits per heavy atom. The van der Waals surface area contributed by atoms with Crippen LogP contribution in [-0.2, 0) is 14.3 Å². The first-order valence-corrected chi connectivity index (χ1v) is 10.2. The largest absolute Gasteiger partial charge is 0.481 e. The molecule has 0 radical (unpaired) electrons. The zero-order valence-corrected chi connectivity index (χ0v) is 17.5. The molecule has 0 bridgehead atoms. The van der Waals surface area contributed by atoms with Gasteiger partial charge in [-0.3, -0.25) is 9.89 Å². The summed E-state index contributed by atoms with van der Waals surface area (Å²) >= 11 is 12.7. The van der Waals surface area contributed by atoms with Crippen molar-refractivity contribution in [3.63, 3.8) is 0 Å². The van der Waals surface area contributed by atoms with E-state index in [4.69, 9.17) is 42.8 Å². The molecule has 0 unspecified atom stereocenters. The molecule has 0 aliphatic carbocycles. The molecule has 158 valence electrons. The van der Waals surface area contributed by atoms with Gasteiger partial charge >= 0.3 is 5.97 Å². The molecule has 10 heteroatoms. The number of pyridine rings is 1. The van der Waals surface area contributed by atoms with Crippen molar-refractivity contribution in [3.8, 4) is 11.1 Å². The molecular formula is C20H20Cl2N4O4. The maximum atomic E-state index is 10.6. The molecule has 0 amide bonds. The second-order valence-corrected chi connectivity index (χ2v) is 7.72. The Morgan fingerprint density at radius 1 is 1.40 bits per heavy atom. The number of nitrogens with one attached hydrogen (secondary N) is 1. The van der Waals surface area contributed by atoms with Crippen LogP contribution in [0.5, 0.6) is 0 Å². The maximum Gasteiger partial charge on any atom is 0.305 e. The van der Waals surface area contributed by atoms with Crippen LogP contribution in [-0.4, -0.2) is 65.3 Å². The lowest BCUT2D eigenvalue weighted by molar-refractivity contribution is -0.138. The molecule has 2 aromatic heterocycles. The molecule has 1 atom stereocenters. The van der Waals surface area contributed by atoms with Crippen molar-refractivity contribution in [1.29, 1.82) is 0 Å². The number of morpholine rings is 1. The number of hydrogen-bond acceptors (Lipinski definition) is 6. The van der Waals surface area contributed by atoms with E-state index >= 15 is 0 Å². The zero-order chi connectivity index (χ0) is 21.1. The molecule has 3 aromatic rings. The summed E-state index contributed by atoms with van der Waals surface area (Å²) in [5.74, 6) is -0.134. The standard InChI is InChI=1S/C20H20Cl2N4O4/c21-16-2-1-14-15(12-8-23-24-9-12)7-17(25-20(14)19(16)22)26-4-6-30-13(10-26)11-29-5-3-18(27)28/h1-2,7-9,13H,3-6,10-11H2,(H,23,24)(H,27,28)/t13-/m0/s1. The van der Waals surface area contributed by atoms with Gasteiger partial charge in [0.25, 0.3) is 0 Å². The first-order valence-electron chi connectivity index (χ1n) is 9.47. The van der Waals surface area contributed by atoms with Gasteiger partial charge in [0.05, 0.1) is 54.1 Å². The molecule has 1 saturated heterocycles. The van der Waals surface area contributed by atoms with Gasteiger partial charge in [0.1, 0.15) is 5.82 Å². The van der Waals surface area contributed by atoms with Gasteiger partial charge in [-0.15, -0.1) is 0 Å². The zero-order valence-electron chi connectivity index (χ0n) is 16.0. The number of aromatic nitrogens is 3. The number of carbonyl (C=O) groups is 1. The van der Waals surface area contributed by atoms with E-state index in [9.17, 15) is 4.79 Å². The highest BCUT2D eigenvalue weighted by molar-refractivity contribution is 6.45. The van der Waals surface area contributed by atoms with Crippen molar-refractivity contribution >= 4 is 45.9 Å². The lowest BCUT2D eigenvalue weighted by atomic mass is 10.0. The topological polar surface area (TPSA) is 101 Å². The number of ether oxygens (including phenoxy) is 2. The van der Waals surface area contributed by atoms with Gasteiger partial charge in [-0.2, -0.15) is 5.10 Å². The van der Waals surface area contributed by atoms with Gasteiger partial charge in [0.2, 0.25) is 0 Å². The monoisotopic (exact) mass is 450 g/mol. The number of halogens is 2. The van der Waals surface area contributed by atoms with E-state index in [0.29, 0.717) is 41.9 Å². The highest BCUT2D eigenvalue weighted by atomic mass is 35.5. The van der Waals surface area contributed by atoms with Crippen molar-refractivity contribution in [2.24, 2.45) is 0 Å². The Bertz CT molecular complexity index is 1040. The number of anilines is 1. The van der Waals surface area contributed by atoms with Crippen molar-refractivity contribution in [3.05, 3.63) is 40.6 Å². The Labute approximate surface area is 182 Å². The minimum atomic E-state index is -0.885. The quantitative estimate of drug-likeness (QED) is 0.529. The van der Waals surface area contributed by atoms with E-state index < -0.39 is 5.97 Å². The number of carboxylic acid groups (broad SMARTS) is 1. The fourth-order valence-corrected chi connectivity index (χ4v) is 3.78. The fraction of sp³-hybridized carbons (Fsp3) is 0.350. The average molecular weight is 451 g/mol. The Hall–Kier alpha value is -2.39. The lowest BCUT2D eigenvalue weighted by Crippen LogP contribution is -2.45. The van der Waals surface area contributed by atoms with Crippen molar-refractivity contribution in [2.75, 3.05) is 37.8 Å². The lowest BCUT2D eigenvalue weighted by Gasteiger charge is -2.34. The molecule has 2 N–H and O–H groups in total. The van der Waals surface area contributed by atoms with Gasteiger partial charge in [0.15, 0.2) is 0 Å². The number of carboxylic acids is 1. The predicted molar refractivity (Wildman–Crippen MR) is 114 cm³/mol. The van der Waals surface area contributed by atoms with Gasteiger partial charge in [-0.1, -0.05) is 29.3 Å². The van der Waals surface area contributed by atoms with Crippen LogP contribution >= 0.6 is 23.2 Å². The third-order valence-corrected chi connectivity index (χ3v) is 5.69. The van der Waals surface area contributed by atoms with E-state index in [-0.39, 0.29) is 19.1 Å². The molecule has 4 rings (SSSR count). The van der Waals surface area contributed by atoms with Crippen LogP contribution in [0.4, 0.5) is 5.82 Å². The SMILES string of the molecule is O=C(O)CCOC[C@@H]1CN(c2cc(-c3cn[nH]c3)c3ccc(Cl)c(Cl)c3n2)CCO1. The van der Waals surface area contributed by atoms with Crippen molar-refractivity contribution in [1.82, 2.24) is 15.2 Å². The van der Waals surface area contributed by atoms with Gasteiger partial charge < -0.3 is 19.5 Å². The number of fused-ring (bicyclic) bond motifs is 1. The highest BCUT2D eigenvalue weighted by Gasteiger charge is 2.24. The van der Waals surface area contributed by atoms with E-state index in [1.807, 2.05) is 18.3 Å². The summed E-state index contributed by atoms with van der Waals surface area (Å²) < 4.78 is 11.2. The first kappa shape index (κ1) is 20.9. The van der Waals surface area contributed by atoms with Crippen LogP contribution in [0.15, 0.2) is 30.6 Å². The molecule has 3 heterocycles. The summed E-state index contributed by atoms with van der Waals surface area (Å²) in [6.45, 7) is 2.21. The van der Waals surface area contributed by atoms with E-state index in [1.54, 1.807) is 12.3 Å². The van der Waals surface area contributed by atoms with Gasteiger partial charge in [-0.25, -0.2) is 4.98 Å². The Balaban J connectivity index is 1.62. The van der Waals surface area contributed by atoms with E-state index in [1.165, 1.54) is 0 Å². The maximum absolute atomic E-state index is 10.6. The van der Waals surface area contributed by atoms with Crippen LogP contribution < -0.4 is 4.90 Å². The number of H-pyrrole nitrogens is 1. The third-order valence-electron chi connectivity index (χ3n) is 4.90. The molecule has 1 aliphatic rings. The van der Waals surface area contributed by atoms with Crippen molar-refractivity contribution in [2.45, 2.75) is 12.5 Å². The number of rotatable bonds is 7. The highest BCUT2D eigenvalue weighted by Crippen LogP contribution is 2.37. The van der Waals surface area contributed by atoms with Gasteiger partial charge in [-0.05, 0) is 17.7 Å². The van der Waals surface area contributed by atoms with Crippen LogP contribution in [0.1, 0.15) is 6.42 Å². The Morgan fingerprint density at radius 2 is 2.27 bits per heavy atom. The smallest absolute Gasteiger partial charge is 0.305 e. The fourth-order valence-electron chi connectivity index (χ4n) is 3.42. The minimum Gasteiger partial charge on any atom is -0.481 e. The molecule has 30 heavy (non-hydrogen) atoms. The molecule has 0 saturated carbocycles. The molecule has 1 fully saturated rings. The molecular weight excluding hydrogens is 431 g/mol. The van der Waals surface area contributed by atoms with E-state index in [2.05, 4.69) is 15.1 Å². The summed E-state index contributed by atoms with van der Waals surface area (Å²) in [5.41, 5.74) is 2.49. The number of nitrogens with zero attached hydrogens (tertiary/aromatic N) is 3. The van der Waals surface area contributed by atoms with Crippen LogP contribution in [0, 0.1) is 0 Å². The van der Waals surface area contributed by atoms with E-state index in [0.717, 1.165) is 22.3 Å². The Kier molecular flexibility index (Phi) is 6.38.